The molecule has 0 aliphatic carbocycles. The van der Waals surface area contributed by atoms with Crippen LogP contribution >= 0.6 is 0 Å². The van der Waals surface area contributed by atoms with Gasteiger partial charge in [-0.1, -0.05) is 32.0 Å². The number of hydrogen-bond acceptors (Lipinski definition) is 4. The molecule has 1 fully saturated rings. The normalized spacial score (nSPS) is 15.3. The summed E-state index contributed by atoms with van der Waals surface area (Å²) in [7, 11) is 1.94. The van der Waals surface area contributed by atoms with Gasteiger partial charge in [-0.25, -0.2) is 9.36 Å². The molecule has 3 heterocycles. The molecule has 1 aromatic carbocycles. The van der Waals surface area contributed by atoms with Gasteiger partial charge in [-0.15, -0.1) is 0 Å². The van der Waals surface area contributed by atoms with E-state index in [0.717, 1.165) is 48.7 Å². The molecule has 0 atom stereocenters. The number of hydrogen-bond donors (Lipinski definition) is 1. The molecule has 0 bridgehead atoms. The van der Waals surface area contributed by atoms with E-state index >= 15 is 0 Å². The molecule has 176 valence electrons. The molecule has 1 amide bonds. The molecule has 33 heavy (non-hydrogen) atoms. The molecule has 0 saturated carbocycles. The van der Waals surface area contributed by atoms with Gasteiger partial charge in [-0.2, -0.15) is 5.10 Å². The number of benzene rings is 1. The van der Waals surface area contributed by atoms with Crippen molar-refractivity contribution in [1.29, 1.82) is 0 Å². The van der Waals surface area contributed by atoms with E-state index in [1.807, 2.05) is 73.6 Å². The van der Waals surface area contributed by atoms with Crippen molar-refractivity contribution >= 4 is 11.7 Å². The second-order valence-electron chi connectivity index (χ2n) is 9.35. The summed E-state index contributed by atoms with van der Waals surface area (Å²) in [6.07, 6.45) is 4.10. The SMILES string of the molecule is Cc1c(CN2CCC(n3nccc3NC(=O)CC(C)C)CC2)c(=O)n(-c2ccccc2)n1C. The molecular weight excluding hydrogens is 416 g/mol. The van der Waals surface area contributed by atoms with E-state index < -0.39 is 0 Å². The van der Waals surface area contributed by atoms with Gasteiger partial charge in [0, 0.05) is 44.9 Å². The lowest BCUT2D eigenvalue weighted by Crippen LogP contribution is -2.36. The van der Waals surface area contributed by atoms with Crippen molar-refractivity contribution in [2.45, 2.75) is 52.6 Å². The largest absolute Gasteiger partial charge is 0.311 e. The molecule has 0 unspecified atom stereocenters. The topological polar surface area (TPSA) is 77.1 Å². The maximum atomic E-state index is 13.2. The van der Waals surface area contributed by atoms with Gasteiger partial charge in [0.2, 0.25) is 5.91 Å². The van der Waals surface area contributed by atoms with Gasteiger partial charge >= 0.3 is 0 Å². The lowest BCUT2D eigenvalue weighted by molar-refractivity contribution is -0.116. The van der Waals surface area contributed by atoms with E-state index in [1.54, 1.807) is 10.9 Å². The molecule has 8 heteroatoms. The zero-order chi connectivity index (χ0) is 23.5. The average Bonchev–Trinajstić information content (AvgIpc) is 3.32. The molecule has 2 aromatic heterocycles. The summed E-state index contributed by atoms with van der Waals surface area (Å²) >= 11 is 0. The van der Waals surface area contributed by atoms with E-state index in [9.17, 15) is 9.59 Å². The molecule has 1 N–H and O–H groups in total. The number of carbonyl (C=O) groups is 1. The quantitative estimate of drug-likeness (QED) is 0.598. The number of carbonyl (C=O) groups excluding carboxylic acids is 1. The summed E-state index contributed by atoms with van der Waals surface area (Å²) in [5, 5.41) is 7.50. The third-order valence-corrected chi connectivity index (χ3v) is 6.49. The first-order valence-electron chi connectivity index (χ1n) is 11.7. The van der Waals surface area contributed by atoms with E-state index in [-0.39, 0.29) is 17.5 Å². The maximum Gasteiger partial charge on any atom is 0.276 e. The summed E-state index contributed by atoms with van der Waals surface area (Å²) in [6, 6.07) is 11.9. The third kappa shape index (κ3) is 4.95. The summed E-state index contributed by atoms with van der Waals surface area (Å²) in [5.74, 6) is 1.11. The fourth-order valence-electron chi connectivity index (χ4n) is 4.62. The van der Waals surface area contributed by atoms with Crippen molar-refractivity contribution in [3.63, 3.8) is 0 Å². The second kappa shape index (κ2) is 9.79. The number of rotatable bonds is 7. The van der Waals surface area contributed by atoms with Crippen LogP contribution in [0.25, 0.3) is 5.69 Å². The minimum Gasteiger partial charge on any atom is -0.311 e. The monoisotopic (exact) mass is 450 g/mol. The molecule has 8 nitrogen and oxygen atoms in total. The zero-order valence-electron chi connectivity index (χ0n) is 20.0. The van der Waals surface area contributed by atoms with Crippen LogP contribution in [-0.4, -0.2) is 43.0 Å². The van der Waals surface area contributed by atoms with E-state index in [0.29, 0.717) is 18.9 Å². The van der Waals surface area contributed by atoms with Crippen LogP contribution in [0.5, 0.6) is 0 Å². The third-order valence-electron chi connectivity index (χ3n) is 6.49. The number of amides is 1. The van der Waals surface area contributed by atoms with Crippen molar-refractivity contribution in [3.8, 4) is 5.69 Å². The number of para-hydroxylation sites is 1. The molecule has 0 spiro atoms. The Balaban J connectivity index is 1.42. The van der Waals surface area contributed by atoms with Crippen LogP contribution in [0, 0.1) is 12.8 Å². The smallest absolute Gasteiger partial charge is 0.276 e. The average molecular weight is 451 g/mol. The van der Waals surface area contributed by atoms with E-state index in [2.05, 4.69) is 15.3 Å². The standard InChI is InChI=1S/C25H34N6O2/c1-18(2)16-24(32)27-23-10-13-26-30(23)20-11-14-29(15-12-20)17-22-19(3)28(4)31(25(22)33)21-8-6-5-7-9-21/h5-10,13,18,20H,11-12,14-17H2,1-4H3,(H,27,32). The lowest BCUT2D eigenvalue weighted by atomic mass is 10.0. The lowest BCUT2D eigenvalue weighted by Gasteiger charge is -2.32. The van der Waals surface area contributed by atoms with Gasteiger partial charge in [0.25, 0.3) is 5.56 Å². The predicted octanol–water partition coefficient (Wildman–Crippen LogP) is 3.50. The van der Waals surface area contributed by atoms with Crippen molar-refractivity contribution in [3.05, 3.63) is 64.2 Å². The molecule has 1 aliphatic rings. The van der Waals surface area contributed by atoms with Gasteiger partial charge in [0.15, 0.2) is 0 Å². The molecule has 1 saturated heterocycles. The number of likely N-dealkylation sites (tertiary alicyclic amines) is 1. The molecule has 0 radical (unpaired) electrons. The summed E-state index contributed by atoms with van der Waals surface area (Å²) in [6.45, 7) is 8.48. The van der Waals surface area contributed by atoms with Gasteiger partial charge < -0.3 is 5.32 Å². The molecule has 4 rings (SSSR count). The zero-order valence-corrected chi connectivity index (χ0v) is 20.0. The Hall–Kier alpha value is -3.13. The van der Waals surface area contributed by atoms with Gasteiger partial charge in [-0.3, -0.25) is 19.2 Å². The second-order valence-corrected chi connectivity index (χ2v) is 9.35. The number of nitrogens with zero attached hydrogens (tertiary/aromatic N) is 5. The highest BCUT2D eigenvalue weighted by Crippen LogP contribution is 2.26. The molecular formula is C25H34N6O2. The van der Waals surface area contributed by atoms with Crippen LogP contribution < -0.4 is 10.9 Å². The Labute approximate surface area is 194 Å². The van der Waals surface area contributed by atoms with Crippen LogP contribution in [0.3, 0.4) is 0 Å². The fraction of sp³-hybridized carbons (Fsp3) is 0.480. The first kappa shape index (κ1) is 23.0. The highest BCUT2D eigenvalue weighted by molar-refractivity contribution is 5.89. The maximum absolute atomic E-state index is 13.2. The predicted molar refractivity (Wildman–Crippen MR) is 130 cm³/mol. The van der Waals surface area contributed by atoms with Crippen LogP contribution in [0.2, 0.25) is 0 Å². The highest BCUT2D eigenvalue weighted by Gasteiger charge is 2.25. The fourth-order valence-corrected chi connectivity index (χ4v) is 4.62. The van der Waals surface area contributed by atoms with Crippen molar-refractivity contribution in [2.24, 2.45) is 13.0 Å². The Morgan fingerprint density at radius 1 is 1.15 bits per heavy atom. The van der Waals surface area contributed by atoms with Crippen molar-refractivity contribution < 1.29 is 4.79 Å². The Bertz CT molecular complexity index is 1150. The van der Waals surface area contributed by atoms with E-state index in [1.165, 1.54) is 0 Å². The minimum absolute atomic E-state index is 0.0263. The minimum atomic E-state index is 0.0263. The first-order valence-corrected chi connectivity index (χ1v) is 11.7. The summed E-state index contributed by atoms with van der Waals surface area (Å²) in [5.41, 5.74) is 2.77. The van der Waals surface area contributed by atoms with Gasteiger partial charge in [0.1, 0.15) is 5.82 Å². The highest BCUT2D eigenvalue weighted by atomic mass is 16.2. The number of anilines is 1. The van der Waals surface area contributed by atoms with Crippen LogP contribution in [-0.2, 0) is 18.4 Å². The number of piperidine rings is 1. The van der Waals surface area contributed by atoms with Crippen molar-refractivity contribution in [1.82, 2.24) is 24.0 Å². The van der Waals surface area contributed by atoms with E-state index in [4.69, 9.17) is 0 Å². The van der Waals surface area contributed by atoms with Crippen LogP contribution in [0.15, 0.2) is 47.4 Å². The summed E-state index contributed by atoms with van der Waals surface area (Å²) in [4.78, 5) is 27.8. The van der Waals surface area contributed by atoms with Crippen molar-refractivity contribution in [2.75, 3.05) is 18.4 Å². The van der Waals surface area contributed by atoms with Gasteiger partial charge in [-0.05, 0) is 37.8 Å². The van der Waals surface area contributed by atoms with Crippen LogP contribution in [0.1, 0.15) is 50.4 Å². The molecule has 3 aromatic rings. The number of aromatic nitrogens is 4. The Morgan fingerprint density at radius 2 is 1.85 bits per heavy atom. The molecule has 1 aliphatic heterocycles. The Morgan fingerprint density at radius 3 is 2.52 bits per heavy atom. The van der Waals surface area contributed by atoms with Gasteiger partial charge in [0.05, 0.1) is 23.5 Å². The summed E-state index contributed by atoms with van der Waals surface area (Å²) < 4.78 is 5.63. The Kier molecular flexibility index (Phi) is 6.83. The number of nitrogens with one attached hydrogen (secondary N) is 1. The first-order chi connectivity index (χ1) is 15.8. The van der Waals surface area contributed by atoms with Crippen LogP contribution in [0.4, 0.5) is 5.82 Å².